The van der Waals surface area contributed by atoms with E-state index in [-0.39, 0.29) is 33.4 Å². The molecule has 3 saturated heterocycles. The van der Waals surface area contributed by atoms with Gasteiger partial charge in [0.1, 0.15) is 28.4 Å². The molecule has 500 valence electrons. The van der Waals surface area contributed by atoms with Crippen molar-refractivity contribution in [2.75, 3.05) is 66.5 Å². The number of carbonyl (C=O) groups is 3. The van der Waals surface area contributed by atoms with E-state index in [4.69, 9.17) is 19.5 Å². The topological polar surface area (TPSA) is 226 Å². The van der Waals surface area contributed by atoms with Crippen LogP contribution in [0.15, 0.2) is 110 Å². The molecule has 31 heteroatoms. The molecular formula is C61H70BBrF9N7O13. The molecule has 92 heavy (non-hydrogen) atoms. The zero-order valence-electron chi connectivity index (χ0n) is 52.2. The van der Waals surface area contributed by atoms with Crippen molar-refractivity contribution in [2.24, 2.45) is 21.1 Å². The van der Waals surface area contributed by atoms with E-state index in [2.05, 4.69) is 47.4 Å². The summed E-state index contributed by atoms with van der Waals surface area (Å²) in [5.74, 6) is -5.63. The number of rotatable bonds is 9. The quantitative estimate of drug-likeness (QED) is 0.0906. The molecule has 3 N–H and O–H groups in total. The second-order valence-corrected chi connectivity index (χ2v) is 23.5. The van der Waals surface area contributed by atoms with E-state index in [9.17, 15) is 68.3 Å². The van der Waals surface area contributed by atoms with Gasteiger partial charge in [0.05, 0.1) is 16.8 Å². The summed E-state index contributed by atoms with van der Waals surface area (Å²) in [5.41, 5.74) is 1.75. The van der Waals surface area contributed by atoms with Crippen molar-refractivity contribution in [1.82, 2.24) is 33.7 Å². The van der Waals surface area contributed by atoms with Crippen molar-refractivity contribution in [3.8, 4) is 39.5 Å². The summed E-state index contributed by atoms with van der Waals surface area (Å²) >= 11 is 2.91. The molecule has 0 atom stereocenters. The van der Waals surface area contributed by atoms with Gasteiger partial charge in [-0.3, -0.25) is 19.2 Å². The number of hydrogen-bond acceptors (Lipinski definition) is 14. The number of likely N-dealkylation sites (N-methyl/N-ethyl adjacent to an activating group) is 2. The fourth-order valence-corrected chi connectivity index (χ4v) is 9.44. The lowest BCUT2D eigenvalue weighted by molar-refractivity contribution is -0.275. The number of hydrogen-bond donors (Lipinski definition) is 3. The first kappa shape index (κ1) is 74.8. The average molecular weight is 1370 g/mol. The molecule has 9 rings (SSSR count). The predicted octanol–water partition coefficient (Wildman–Crippen LogP) is 9.16. The predicted molar refractivity (Wildman–Crippen MR) is 328 cm³/mol. The van der Waals surface area contributed by atoms with Crippen molar-refractivity contribution >= 4 is 46.4 Å². The van der Waals surface area contributed by atoms with Gasteiger partial charge in [-0.05, 0) is 145 Å². The summed E-state index contributed by atoms with van der Waals surface area (Å²) in [6.45, 7) is 20.0. The fourth-order valence-electron chi connectivity index (χ4n) is 9.10. The minimum Gasteiger partial charge on any atom is -0.478 e. The Labute approximate surface area is 531 Å². The molecule has 3 aliphatic heterocycles. The maximum atomic E-state index is 13.0. The number of amides is 1. The number of aromatic carboxylic acids is 2. The summed E-state index contributed by atoms with van der Waals surface area (Å²) < 4.78 is 140. The first-order valence-corrected chi connectivity index (χ1v) is 28.8. The van der Waals surface area contributed by atoms with Gasteiger partial charge in [0, 0.05) is 113 Å². The van der Waals surface area contributed by atoms with Gasteiger partial charge in [-0.2, -0.15) is 0 Å². The lowest BCUT2D eigenvalue weighted by Crippen LogP contribution is -2.47. The molecule has 6 aromatic rings. The van der Waals surface area contributed by atoms with Gasteiger partial charge < -0.3 is 67.5 Å². The Morgan fingerprint density at radius 3 is 1.24 bits per heavy atom. The number of aryl methyl sites for hydroxylation is 6. The zero-order valence-corrected chi connectivity index (χ0v) is 53.8. The summed E-state index contributed by atoms with van der Waals surface area (Å²) in [6, 6.07) is 15.7. The summed E-state index contributed by atoms with van der Waals surface area (Å²) in [6.07, 6.45) is -10.1. The Morgan fingerprint density at radius 2 is 0.870 bits per heavy atom. The van der Waals surface area contributed by atoms with Crippen LogP contribution in [-0.2, 0) is 30.5 Å². The molecule has 3 aromatic heterocycles. The van der Waals surface area contributed by atoms with Gasteiger partial charge in [0.15, 0.2) is 0 Å². The van der Waals surface area contributed by atoms with Crippen molar-refractivity contribution < 1.29 is 87.6 Å². The number of halogens is 10. The highest BCUT2D eigenvalue weighted by Crippen LogP contribution is 2.37. The number of benzene rings is 3. The second kappa shape index (κ2) is 30.6. The molecule has 1 amide bonds. The summed E-state index contributed by atoms with van der Waals surface area (Å²) in [5, 5.41) is 20.8. The minimum absolute atomic E-state index is 0.00951. The van der Waals surface area contributed by atoms with E-state index in [1.807, 2.05) is 45.7 Å². The number of nitrogens with zero attached hydrogens (tertiary/aromatic N) is 6. The van der Waals surface area contributed by atoms with Crippen LogP contribution in [0.2, 0.25) is 0 Å². The Morgan fingerprint density at radius 1 is 0.511 bits per heavy atom. The third kappa shape index (κ3) is 21.3. The Bertz CT molecular complexity index is 3710. The largest absolute Gasteiger partial charge is 0.573 e. The first-order chi connectivity index (χ1) is 42.5. The van der Waals surface area contributed by atoms with Crippen LogP contribution in [0.3, 0.4) is 0 Å². The highest BCUT2D eigenvalue weighted by atomic mass is 79.9. The number of piperazine rings is 2. The molecule has 3 fully saturated rings. The van der Waals surface area contributed by atoms with Gasteiger partial charge in [-0.1, -0.05) is 34.1 Å². The number of carboxylic acid groups (broad SMARTS) is 2. The van der Waals surface area contributed by atoms with E-state index < -0.39 is 72.4 Å². The third-order valence-electron chi connectivity index (χ3n) is 14.7. The smallest absolute Gasteiger partial charge is 0.478 e. The molecule has 20 nitrogen and oxygen atoms in total. The normalized spacial score (nSPS) is 15.6. The zero-order chi connectivity index (χ0) is 69.2. The van der Waals surface area contributed by atoms with Gasteiger partial charge in [0.2, 0.25) is 0 Å². The third-order valence-corrected chi connectivity index (χ3v) is 15.2. The molecule has 0 aliphatic carbocycles. The number of ether oxygens (including phenoxy) is 3. The van der Waals surface area contributed by atoms with Crippen LogP contribution < -0.4 is 41.7 Å². The number of pyridine rings is 3. The average Bonchev–Trinajstić information content (AvgIpc) is 1.55. The van der Waals surface area contributed by atoms with Gasteiger partial charge in [-0.25, -0.2) is 9.59 Å². The summed E-state index contributed by atoms with van der Waals surface area (Å²) in [7, 11) is 8.48. The lowest BCUT2D eigenvalue weighted by Gasteiger charge is -2.32. The van der Waals surface area contributed by atoms with Crippen molar-refractivity contribution in [2.45, 2.75) is 78.8 Å². The highest BCUT2D eigenvalue weighted by Gasteiger charge is 2.52. The number of aromatic nitrogens is 3. The van der Waals surface area contributed by atoms with E-state index in [1.54, 1.807) is 57.8 Å². The van der Waals surface area contributed by atoms with Crippen molar-refractivity contribution in [1.29, 1.82) is 0 Å². The van der Waals surface area contributed by atoms with Crippen LogP contribution >= 0.6 is 15.9 Å². The van der Waals surface area contributed by atoms with Crippen LogP contribution in [0.1, 0.15) is 75.5 Å². The Kier molecular flexibility index (Phi) is 24.9. The standard InChI is InChI=1S/C20H22F3N3O3.C15H12F3NO4.C13H20BNO3.C8H4BrF3O3.C5H12N2/c1-13-10-15(12-25(3)18(13)27)14-4-5-16(17(11-14)29-20(21,22)23)19(28)26-8-6-24(2)7-9-26;1-8-5-10(7-19(2)13(8)20)9-3-4-11(14(21)22)12(6-9)23-15(16,17)18;1-9-7-10(8-15(6)11(9)16)14-17-12(2,3)13(4,5)18-14;9-4-1-2-5(7(13)14)6(3-4)15-8(10,11)12;1-7-4-2-6-3-5-7/h4-5,10-12H,6-9H2,1-3H3;3-7H,1-2H3,(H,21,22);7-8H,1-6H3;1-3H,(H,13,14);6H,2-5H2,1H3. The molecule has 0 unspecified atom stereocenters. The van der Waals surface area contributed by atoms with Crippen molar-refractivity contribution in [3.63, 3.8) is 0 Å². The molecule has 0 radical (unpaired) electrons. The molecule has 0 spiro atoms. The molecule has 0 bridgehead atoms. The van der Waals surface area contributed by atoms with Crippen LogP contribution in [0, 0.1) is 20.8 Å². The number of nitrogens with one attached hydrogen (secondary N) is 1. The van der Waals surface area contributed by atoms with Crippen LogP contribution in [0.5, 0.6) is 17.2 Å². The first-order valence-electron chi connectivity index (χ1n) is 28.0. The highest BCUT2D eigenvalue weighted by molar-refractivity contribution is 9.10. The van der Waals surface area contributed by atoms with Gasteiger partial charge >= 0.3 is 38.1 Å². The van der Waals surface area contributed by atoms with Gasteiger partial charge in [0.25, 0.3) is 22.6 Å². The van der Waals surface area contributed by atoms with Crippen LogP contribution in [-0.4, -0.2) is 160 Å². The molecular weight excluding hydrogens is 1300 g/mol. The number of carboxylic acids is 2. The van der Waals surface area contributed by atoms with E-state index in [0.717, 1.165) is 42.8 Å². The van der Waals surface area contributed by atoms with E-state index >= 15 is 0 Å². The maximum absolute atomic E-state index is 13.0. The van der Waals surface area contributed by atoms with Gasteiger partial charge in [-0.15, -0.1) is 39.5 Å². The lowest BCUT2D eigenvalue weighted by atomic mass is 9.80. The fraction of sp³-hybridized carbons (Fsp3) is 0.410. The maximum Gasteiger partial charge on any atom is 0.573 e. The Hall–Kier alpha value is -7.97. The SMILES string of the molecule is CN1CCNCC1.Cc1cc(-c2ccc(C(=O)N3CCN(C)CC3)c(OC(F)(F)F)c2)cn(C)c1=O.Cc1cc(-c2ccc(C(=O)O)c(OC(F)(F)F)c2)cn(C)c1=O.Cc1cc(B2OC(C)(C)C(C)(C)O2)cn(C)c1=O.O=C(O)c1ccc(Br)cc1OC(F)(F)F. The molecule has 3 aliphatic rings. The van der Waals surface area contributed by atoms with Crippen LogP contribution in [0.4, 0.5) is 39.5 Å². The molecule has 3 aromatic carbocycles. The second-order valence-electron chi connectivity index (χ2n) is 22.6. The Balaban J connectivity index is 0.000000220. The number of carbonyl (C=O) groups excluding carboxylic acids is 1. The summed E-state index contributed by atoms with van der Waals surface area (Å²) in [4.78, 5) is 75.5. The van der Waals surface area contributed by atoms with Crippen molar-refractivity contribution in [3.05, 3.63) is 160 Å². The number of alkyl halides is 9. The minimum atomic E-state index is -5.01. The van der Waals surface area contributed by atoms with Crippen LogP contribution in [0.25, 0.3) is 22.3 Å². The molecule has 0 saturated carbocycles. The molecule has 6 heterocycles. The monoisotopic (exact) mass is 1370 g/mol. The van der Waals surface area contributed by atoms with E-state index in [0.29, 0.717) is 69.6 Å². The van der Waals surface area contributed by atoms with E-state index in [1.165, 1.54) is 76.9 Å².